The number of hydrogen-bond donors (Lipinski definition) is 1. The Morgan fingerprint density at radius 2 is 1.92 bits per heavy atom. The Morgan fingerprint density at radius 3 is 2.08 bits per heavy atom. The first-order chi connectivity index (χ1) is 5.56. The van der Waals surface area contributed by atoms with Crippen molar-refractivity contribution in [2.45, 2.75) is 40.1 Å². The minimum Gasteiger partial charge on any atom is -0.394 e. The first kappa shape index (κ1) is 11.9. The van der Waals surface area contributed by atoms with Gasteiger partial charge in [-0.25, -0.2) is 0 Å². The Balaban J connectivity index is 0.000000261. The lowest BCUT2D eigenvalue weighted by Gasteiger charge is -2.01. The van der Waals surface area contributed by atoms with Gasteiger partial charge in [-0.1, -0.05) is 20.8 Å². The second-order valence-corrected chi connectivity index (χ2v) is 3.57. The highest BCUT2D eigenvalue weighted by atomic mass is 16.7. The highest BCUT2D eigenvalue weighted by molar-refractivity contribution is 4.59. The SMILES string of the molecule is CC(C)C.CC1OCC(CO)O1. The van der Waals surface area contributed by atoms with E-state index < -0.39 is 0 Å². The molecule has 3 nitrogen and oxygen atoms in total. The van der Waals surface area contributed by atoms with Gasteiger partial charge < -0.3 is 14.6 Å². The van der Waals surface area contributed by atoms with Crippen molar-refractivity contribution in [3.8, 4) is 0 Å². The lowest BCUT2D eigenvalue weighted by atomic mass is 10.3. The Labute approximate surface area is 74.7 Å². The molecule has 2 atom stereocenters. The molecular formula is C9H20O3. The minimum atomic E-state index is -0.132. The van der Waals surface area contributed by atoms with Gasteiger partial charge in [-0.15, -0.1) is 0 Å². The van der Waals surface area contributed by atoms with Crippen LogP contribution >= 0.6 is 0 Å². The largest absolute Gasteiger partial charge is 0.394 e. The number of rotatable bonds is 1. The number of aliphatic hydroxyl groups excluding tert-OH is 1. The van der Waals surface area contributed by atoms with Crippen LogP contribution in [0.15, 0.2) is 0 Å². The molecule has 1 aliphatic rings. The summed E-state index contributed by atoms with van der Waals surface area (Å²) in [6.45, 7) is 8.90. The van der Waals surface area contributed by atoms with E-state index in [1.54, 1.807) is 0 Å². The van der Waals surface area contributed by atoms with Gasteiger partial charge in [-0.05, 0) is 12.8 Å². The maximum Gasteiger partial charge on any atom is 0.155 e. The Bertz CT molecular complexity index is 101. The maximum absolute atomic E-state index is 8.48. The molecule has 3 heteroatoms. The fraction of sp³-hybridized carbons (Fsp3) is 1.00. The van der Waals surface area contributed by atoms with Gasteiger partial charge in [0.1, 0.15) is 6.10 Å². The number of ether oxygens (including phenoxy) is 2. The third-order valence-corrected chi connectivity index (χ3v) is 1.10. The molecule has 1 saturated heterocycles. The average Bonchev–Trinajstić information content (AvgIpc) is 2.34. The van der Waals surface area contributed by atoms with E-state index in [-0.39, 0.29) is 19.0 Å². The summed E-state index contributed by atoms with van der Waals surface area (Å²) in [4.78, 5) is 0. The van der Waals surface area contributed by atoms with E-state index in [9.17, 15) is 0 Å². The smallest absolute Gasteiger partial charge is 0.155 e. The van der Waals surface area contributed by atoms with Gasteiger partial charge >= 0.3 is 0 Å². The molecular weight excluding hydrogens is 156 g/mol. The van der Waals surface area contributed by atoms with Crippen LogP contribution in [0, 0.1) is 5.92 Å². The van der Waals surface area contributed by atoms with E-state index in [1.807, 2.05) is 6.92 Å². The fourth-order valence-corrected chi connectivity index (χ4v) is 0.688. The number of aliphatic hydroxyl groups is 1. The van der Waals surface area contributed by atoms with E-state index in [1.165, 1.54) is 0 Å². The lowest BCUT2D eigenvalue weighted by molar-refractivity contribution is -0.0505. The van der Waals surface area contributed by atoms with Crippen molar-refractivity contribution < 1.29 is 14.6 Å². The van der Waals surface area contributed by atoms with Crippen molar-refractivity contribution in [2.75, 3.05) is 13.2 Å². The highest BCUT2D eigenvalue weighted by Gasteiger charge is 2.20. The third-order valence-electron chi connectivity index (χ3n) is 1.10. The van der Waals surface area contributed by atoms with E-state index in [0.29, 0.717) is 6.61 Å². The van der Waals surface area contributed by atoms with Crippen molar-refractivity contribution in [3.63, 3.8) is 0 Å². The second-order valence-electron chi connectivity index (χ2n) is 3.57. The first-order valence-corrected chi connectivity index (χ1v) is 4.44. The molecule has 0 radical (unpaired) electrons. The lowest BCUT2D eigenvalue weighted by Crippen LogP contribution is -2.14. The summed E-state index contributed by atoms with van der Waals surface area (Å²) in [5.74, 6) is 0.833. The van der Waals surface area contributed by atoms with Gasteiger partial charge in [0.2, 0.25) is 0 Å². The van der Waals surface area contributed by atoms with Crippen LogP contribution < -0.4 is 0 Å². The van der Waals surface area contributed by atoms with E-state index >= 15 is 0 Å². The molecule has 1 fully saturated rings. The monoisotopic (exact) mass is 176 g/mol. The molecule has 1 aliphatic heterocycles. The molecule has 1 heterocycles. The normalized spacial score (nSPS) is 28.5. The predicted molar refractivity (Wildman–Crippen MR) is 47.9 cm³/mol. The minimum absolute atomic E-state index is 0.0599. The number of hydrogen-bond acceptors (Lipinski definition) is 3. The summed E-state index contributed by atoms with van der Waals surface area (Å²) >= 11 is 0. The van der Waals surface area contributed by atoms with Crippen LogP contribution in [-0.2, 0) is 9.47 Å². The topological polar surface area (TPSA) is 38.7 Å². The Hall–Kier alpha value is -0.120. The zero-order valence-electron chi connectivity index (χ0n) is 8.41. The van der Waals surface area contributed by atoms with E-state index in [4.69, 9.17) is 14.6 Å². The standard InChI is InChI=1S/C5H10O3.C4H10/c1-4-7-3-5(2-6)8-4;1-4(2)3/h4-6H,2-3H2,1H3;4H,1-3H3. The zero-order chi connectivity index (χ0) is 9.56. The molecule has 0 aromatic rings. The van der Waals surface area contributed by atoms with Gasteiger partial charge in [0.25, 0.3) is 0 Å². The predicted octanol–water partition coefficient (Wildman–Crippen LogP) is 1.40. The molecule has 2 unspecified atom stereocenters. The molecule has 0 bridgehead atoms. The van der Waals surface area contributed by atoms with Crippen LogP contribution in [0.4, 0.5) is 0 Å². The zero-order valence-corrected chi connectivity index (χ0v) is 8.41. The van der Waals surface area contributed by atoms with Gasteiger partial charge in [0.15, 0.2) is 6.29 Å². The molecule has 1 rings (SSSR count). The van der Waals surface area contributed by atoms with Crippen LogP contribution in [0.3, 0.4) is 0 Å². The summed E-state index contributed by atoms with van der Waals surface area (Å²) in [5.41, 5.74) is 0. The van der Waals surface area contributed by atoms with Crippen molar-refractivity contribution >= 4 is 0 Å². The van der Waals surface area contributed by atoms with Crippen molar-refractivity contribution in [1.82, 2.24) is 0 Å². The molecule has 1 N–H and O–H groups in total. The van der Waals surface area contributed by atoms with Gasteiger partial charge in [0.05, 0.1) is 13.2 Å². The summed E-state index contributed by atoms with van der Waals surface area (Å²) in [5, 5.41) is 8.48. The molecule has 0 aromatic heterocycles. The van der Waals surface area contributed by atoms with Crippen LogP contribution in [-0.4, -0.2) is 30.7 Å². The summed E-state index contributed by atoms with van der Waals surface area (Å²) < 4.78 is 10.0. The first-order valence-electron chi connectivity index (χ1n) is 4.44. The maximum atomic E-state index is 8.48. The van der Waals surface area contributed by atoms with E-state index in [0.717, 1.165) is 5.92 Å². The van der Waals surface area contributed by atoms with Gasteiger partial charge in [0, 0.05) is 0 Å². The summed E-state index contributed by atoms with van der Waals surface area (Å²) in [6, 6.07) is 0. The van der Waals surface area contributed by atoms with Gasteiger partial charge in [-0.3, -0.25) is 0 Å². The summed E-state index contributed by atoms with van der Waals surface area (Å²) in [7, 11) is 0. The van der Waals surface area contributed by atoms with E-state index in [2.05, 4.69) is 20.8 Å². The molecule has 74 valence electrons. The van der Waals surface area contributed by atoms with Crippen molar-refractivity contribution in [2.24, 2.45) is 5.92 Å². The molecule has 0 saturated carbocycles. The van der Waals surface area contributed by atoms with Crippen LogP contribution in [0.2, 0.25) is 0 Å². The fourth-order valence-electron chi connectivity index (χ4n) is 0.688. The summed E-state index contributed by atoms with van der Waals surface area (Å²) in [6.07, 6.45) is -0.225. The molecule has 12 heavy (non-hydrogen) atoms. The van der Waals surface area contributed by atoms with Gasteiger partial charge in [-0.2, -0.15) is 0 Å². The van der Waals surface area contributed by atoms with Crippen LogP contribution in [0.25, 0.3) is 0 Å². The highest BCUT2D eigenvalue weighted by Crippen LogP contribution is 2.08. The second kappa shape index (κ2) is 6.40. The van der Waals surface area contributed by atoms with Crippen LogP contribution in [0.5, 0.6) is 0 Å². The quantitative estimate of drug-likeness (QED) is 0.656. The molecule has 0 amide bonds. The molecule has 0 aromatic carbocycles. The molecule has 0 spiro atoms. The van der Waals surface area contributed by atoms with Crippen molar-refractivity contribution in [1.29, 1.82) is 0 Å². The Morgan fingerprint density at radius 1 is 1.42 bits per heavy atom. The average molecular weight is 176 g/mol. The van der Waals surface area contributed by atoms with Crippen LogP contribution in [0.1, 0.15) is 27.7 Å². The Kier molecular flexibility index (Phi) is 6.34. The van der Waals surface area contributed by atoms with Crippen molar-refractivity contribution in [3.05, 3.63) is 0 Å². The third kappa shape index (κ3) is 6.58. The molecule has 0 aliphatic carbocycles.